The molecule has 0 radical (unpaired) electrons. The molecule has 0 heterocycles. The van der Waals surface area contributed by atoms with Gasteiger partial charge in [-0.3, -0.25) is 28.8 Å². The summed E-state index contributed by atoms with van der Waals surface area (Å²) in [6, 6.07) is 0. The van der Waals surface area contributed by atoms with E-state index in [1.165, 1.54) is 14.2 Å². The molecule has 0 bridgehead atoms. The fourth-order valence-electron chi connectivity index (χ4n) is 1.80. The minimum atomic E-state index is -1.15. The molecule has 0 saturated carbocycles. The Morgan fingerprint density at radius 1 is 0.500 bits per heavy atom. The lowest BCUT2D eigenvalue weighted by Crippen LogP contribution is -2.31. The standard InChI is InChI=1S/C18H26O12/c1-25-13(19)4-7-16(22)28-10-12(30-18(24)9-6-15(21)27-3)11-29-17(23)8-5-14(20)26-2/h12H,4-11H2,1-3H3. The van der Waals surface area contributed by atoms with Crippen LogP contribution in [0.25, 0.3) is 0 Å². The highest BCUT2D eigenvalue weighted by atomic mass is 16.6. The molecule has 0 aliphatic rings. The molecule has 12 heteroatoms. The Morgan fingerprint density at radius 2 is 0.800 bits per heavy atom. The number of carbonyl (C=O) groups is 6. The molecule has 0 aliphatic carbocycles. The Bertz CT molecular complexity index is 576. The molecule has 0 fully saturated rings. The molecule has 170 valence electrons. The number of rotatable bonds is 14. The summed E-state index contributed by atoms with van der Waals surface area (Å²) < 4.78 is 28.1. The molecule has 0 aromatic carbocycles. The van der Waals surface area contributed by atoms with E-state index in [1.807, 2.05) is 0 Å². The van der Waals surface area contributed by atoms with E-state index in [9.17, 15) is 28.8 Å². The van der Waals surface area contributed by atoms with Gasteiger partial charge in [-0.25, -0.2) is 0 Å². The third kappa shape index (κ3) is 13.9. The van der Waals surface area contributed by atoms with Crippen molar-refractivity contribution >= 4 is 35.8 Å². The first-order chi connectivity index (χ1) is 14.2. The van der Waals surface area contributed by atoms with E-state index in [4.69, 9.17) is 14.2 Å². The van der Waals surface area contributed by atoms with Crippen LogP contribution in [0.4, 0.5) is 0 Å². The van der Waals surface area contributed by atoms with Crippen LogP contribution in [0.15, 0.2) is 0 Å². The summed E-state index contributed by atoms with van der Waals surface area (Å²) in [5, 5.41) is 0. The second-order valence-corrected chi connectivity index (χ2v) is 5.71. The fourth-order valence-corrected chi connectivity index (χ4v) is 1.80. The van der Waals surface area contributed by atoms with Crippen LogP contribution in [0, 0.1) is 0 Å². The lowest BCUT2D eigenvalue weighted by Gasteiger charge is -2.18. The average molecular weight is 434 g/mol. The Morgan fingerprint density at radius 3 is 1.13 bits per heavy atom. The van der Waals surface area contributed by atoms with Crippen LogP contribution in [0.5, 0.6) is 0 Å². The first-order valence-electron chi connectivity index (χ1n) is 8.93. The number of hydrogen-bond donors (Lipinski definition) is 0. The van der Waals surface area contributed by atoms with E-state index >= 15 is 0 Å². The highest BCUT2D eigenvalue weighted by molar-refractivity contribution is 5.79. The maximum atomic E-state index is 11.8. The van der Waals surface area contributed by atoms with Gasteiger partial charge in [0.2, 0.25) is 0 Å². The summed E-state index contributed by atoms with van der Waals surface area (Å²) in [5.41, 5.74) is 0. The number of hydrogen-bond acceptors (Lipinski definition) is 12. The zero-order valence-corrected chi connectivity index (χ0v) is 17.1. The van der Waals surface area contributed by atoms with Crippen molar-refractivity contribution in [1.29, 1.82) is 0 Å². The van der Waals surface area contributed by atoms with Crippen molar-refractivity contribution in [2.75, 3.05) is 34.5 Å². The highest BCUT2D eigenvalue weighted by Gasteiger charge is 2.21. The number of methoxy groups -OCH3 is 3. The minimum Gasteiger partial charge on any atom is -0.469 e. The predicted octanol–water partition coefficient (Wildman–Crippen LogP) is -0.156. The summed E-state index contributed by atoms with van der Waals surface area (Å²) >= 11 is 0. The van der Waals surface area contributed by atoms with Gasteiger partial charge in [0.25, 0.3) is 0 Å². The van der Waals surface area contributed by atoms with Gasteiger partial charge in [-0.05, 0) is 0 Å². The monoisotopic (exact) mass is 434 g/mol. The molecule has 0 saturated heterocycles. The van der Waals surface area contributed by atoms with E-state index in [0.717, 1.165) is 7.11 Å². The molecule has 0 aliphatic heterocycles. The molecule has 0 unspecified atom stereocenters. The van der Waals surface area contributed by atoms with Crippen LogP contribution in [0.2, 0.25) is 0 Å². The van der Waals surface area contributed by atoms with E-state index < -0.39 is 55.1 Å². The normalized spacial score (nSPS) is 10.0. The zero-order valence-electron chi connectivity index (χ0n) is 17.1. The molecule has 0 N–H and O–H groups in total. The predicted molar refractivity (Wildman–Crippen MR) is 95.5 cm³/mol. The average Bonchev–Trinajstić information content (AvgIpc) is 2.75. The molecule has 0 atom stereocenters. The lowest BCUT2D eigenvalue weighted by atomic mass is 10.3. The van der Waals surface area contributed by atoms with Gasteiger partial charge in [-0.15, -0.1) is 0 Å². The smallest absolute Gasteiger partial charge is 0.306 e. The number of esters is 6. The van der Waals surface area contributed by atoms with Crippen molar-refractivity contribution in [2.45, 2.75) is 44.6 Å². The Hall–Kier alpha value is -3.18. The van der Waals surface area contributed by atoms with Crippen LogP contribution in [0.1, 0.15) is 38.5 Å². The van der Waals surface area contributed by atoms with Crippen molar-refractivity contribution in [3.8, 4) is 0 Å². The quantitative estimate of drug-likeness (QED) is 0.263. The molecule has 0 aromatic rings. The highest BCUT2D eigenvalue weighted by Crippen LogP contribution is 2.05. The maximum Gasteiger partial charge on any atom is 0.306 e. The van der Waals surface area contributed by atoms with Crippen LogP contribution in [-0.4, -0.2) is 76.5 Å². The van der Waals surface area contributed by atoms with Gasteiger partial charge in [0.1, 0.15) is 13.2 Å². The number of ether oxygens (including phenoxy) is 6. The lowest BCUT2D eigenvalue weighted by molar-refractivity contribution is -0.168. The van der Waals surface area contributed by atoms with Gasteiger partial charge < -0.3 is 28.4 Å². The largest absolute Gasteiger partial charge is 0.469 e. The van der Waals surface area contributed by atoms with Crippen molar-refractivity contribution in [3.63, 3.8) is 0 Å². The SMILES string of the molecule is COC(=O)CCC(=O)OCC(COC(=O)CCC(=O)OC)OC(=O)CCC(=O)OC. The summed E-state index contributed by atoms with van der Waals surface area (Å²) in [4.78, 5) is 68.3. The summed E-state index contributed by atoms with van der Waals surface area (Å²) in [6.45, 7) is -0.900. The van der Waals surface area contributed by atoms with E-state index in [1.54, 1.807) is 0 Å². The Kier molecular flexibility index (Phi) is 14.0. The number of carbonyl (C=O) groups excluding carboxylic acids is 6. The van der Waals surface area contributed by atoms with Crippen molar-refractivity contribution < 1.29 is 57.2 Å². The van der Waals surface area contributed by atoms with Gasteiger partial charge in [-0.2, -0.15) is 0 Å². The summed E-state index contributed by atoms with van der Waals surface area (Å²) in [6.07, 6.45) is -2.57. The molecular formula is C18H26O12. The molecule has 0 rings (SSSR count). The summed E-state index contributed by atoms with van der Waals surface area (Å²) in [7, 11) is 3.51. The molecule has 12 nitrogen and oxygen atoms in total. The van der Waals surface area contributed by atoms with Gasteiger partial charge in [0, 0.05) is 0 Å². The van der Waals surface area contributed by atoms with Gasteiger partial charge in [0.15, 0.2) is 6.10 Å². The van der Waals surface area contributed by atoms with Gasteiger partial charge in [-0.1, -0.05) is 0 Å². The zero-order chi connectivity index (χ0) is 22.9. The van der Waals surface area contributed by atoms with Crippen LogP contribution < -0.4 is 0 Å². The fraction of sp³-hybridized carbons (Fsp3) is 0.667. The van der Waals surface area contributed by atoms with Gasteiger partial charge in [0.05, 0.1) is 59.9 Å². The minimum absolute atomic E-state index is 0.193. The van der Waals surface area contributed by atoms with E-state index in [0.29, 0.717) is 0 Å². The Balaban J connectivity index is 4.62. The first-order valence-corrected chi connectivity index (χ1v) is 8.93. The first kappa shape index (κ1) is 26.8. The topological polar surface area (TPSA) is 158 Å². The molecule has 0 spiro atoms. The third-order valence-electron chi connectivity index (χ3n) is 3.44. The van der Waals surface area contributed by atoms with Crippen molar-refractivity contribution in [2.24, 2.45) is 0 Å². The van der Waals surface area contributed by atoms with Crippen molar-refractivity contribution in [3.05, 3.63) is 0 Å². The van der Waals surface area contributed by atoms with Crippen LogP contribution in [-0.2, 0) is 57.2 Å². The Labute approximate surface area is 173 Å². The van der Waals surface area contributed by atoms with E-state index in [-0.39, 0.29) is 38.5 Å². The third-order valence-corrected chi connectivity index (χ3v) is 3.44. The molecule has 30 heavy (non-hydrogen) atoms. The van der Waals surface area contributed by atoms with E-state index in [2.05, 4.69) is 14.2 Å². The van der Waals surface area contributed by atoms with Crippen LogP contribution >= 0.6 is 0 Å². The van der Waals surface area contributed by atoms with Gasteiger partial charge >= 0.3 is 35.8 Å². The maximum absolute atomic E-state index is 11.8. The van der Waals surface area contributed by atoms with Crippen molar-refractivity contribution in [1.82, 2.24) is 0 Å². The molecular weight excluding hydrogens is 408 g/mol. The molecule has 0 aromatic heterocycles. The summed E-state index contributed by atoms with van der Waals surface area (Å²) in [5.74, 6) is -4.14. The van der Waals surface area contributed by atoms with Crippen LogP contribution in [0.3, 0.4) is 0 Å². The second kappa shape index (κ2) is 15.7. The second-order valence-electron chi connectivity index (χ2n) is 5.71. The molecule has 0 amide bonds.